The first-order chi connectivity index (χ1) is 9.58. The van der Waals surface area contributed by atoms with Crippen LogP contribution in [-0.2, 0) is 0 Å². The number of nitrogens with two attached hydrogens (primary N) is 1. The predicted molar refractivity (Wildman–Crippen MR) is 80.7 cm³/mol. The van der Waals surface area contributed by atoms with Gasteiger partial charge in [-0.2, -0.15) is 0 Å². The molecule has 1 aliphatic rings. The molecule has 1 fully saturated rings. The highest BCUT2D eigenvalue weighted by Crippen LogP contribution is 2.28. The molecule has 3 N–H and O–H groups in total. The number of amidine groups is 1. The second kappa shape index (κ2) is 6.28. The first-order valence-electron chi connectivity index (χ1n) is 6.69. The molecule has 0 bridgehead atoms. The summed E-state index contributed by atoms with van der Waals surface area (Å²) in [4.78, 5) is 8.91. The Bertz CT molecular complexity index is 508. The van der Waals surface area contributed by atoms with E-state index in [-0.39, 0.29) is 5.84 Å². The molecule has 0 amide bonds. The zero-order valence-electron chi connectivity index (χ0n) is 11.8. The van der Waals surface area contributed by atoms with Gasteiger partial charge >= 0.3 is 0 Å². The van der Waals surface area contributed by atoms with Crippen LogP contribution in [0.25, 0.3) is 0 Å². The van der Waals surface area contributed by atoms with Crippen LogP contribution in [0.2, 0.25) is 5.02 Å². The van der Waals surface area contributed by atoms with Gasteiger partial charge in [0.2, 0.25) is 0 Å². The van der Waals surface area contributed by atoms with E-state index in [9.17, 15) is 0 Å². The van der Waals surface area contributed by atoms with E-state index in [0.717, 1.165) is 26.2 Å². The molecule has 0 saturated carbocycles. The molecular weight excluding hydrogens is 278 g/mol. The summed E-state index contributed by atoms with van der Waals surface area (Å²) in [5.41, 5.74) is 6.13. The van der Waals surface area contributed by atoms with Crippen LogP contribution in [0.5, 0.6) is 0 Å². The normalized spacial score (nSPS) is 21.2. The first kappa shape index (κ1) is 14.9. The van der Waals surface area contributed by atoms with Crippen LogP contribution in [-0.4, -0.2) is 53.1 Å². The van der Waals surface area contributed by atoms with Crippen LogP contribution in [0.4, 0.5) is 5.82 Å². The van der Waals surface area contributed by atoms with Gasteiger partial charge in [0, 0.05) is 37.4 Å². The molecule has 0 aromatic carbocycles. The average molecular weight is 298 g/mol. The second-order valence-corrected chi connectivity index (χ2v) is 5.28. The van der Waals surface area contributed by atoms with Gasteiger partial charge in [0.05, 0.1) is 5.02 Å². The Balaban J connectivity index is 2.26. The summed E-state index contributed by atoms with van der Waals surface area (Å²) < 4.78 is 0. The van der Waals surface area contributed by atoms with Gasteiger partial charge in [-0.25, -0.2) is 4.98 Å². The molecule has 20 heavy (non-hydrogen) atoms. The average Bonchev–Trinajstić information content (AvgIpc) is 2.46. The fourth-order valence-corrected chi connectivity index (χ4v) is 2.89. The summed E-state index contributed by atoms with van der Waals surface area (Å²) in [6.45, 7) is 8.10. The van der Waals surface area contributed by atoms with Gasteiger partial charge in [-0.3, -0.25) is 4.90 Å². The van der Waals surface area contributed by atoms with E-state index < -0.39 is 0 Å². The van der Waals surface area contributed by atoms with E-state index in [1.54, 1.807) is 12.3 Å². The summed E-state index contributed by atoms with van der Waals surface area (Å²) in [7, 11) is 0. The van der Waals surface area contributed by atoms with Gasteiger partial charge in [0.1, 0.15) is 5.82 Å². The lowest BCUT2D eigenvalue weighted by atomic mass is 10.1. The molecule has 1 unspecified atom stereocenters. The smallest absolute Gasteiger partial charge is 0.171 e. The number of oxime groups is 1. The molecule has 1 aliphatic heterocycles. The van der Waals surface area contributed by atoms with Crippen molar-refractivity contribution in [1.29, 1.82) is 0 Å². The third kappa shape index (κ3) is 2.81. The Morgan fingerprint density at radius 2 is 2.35 bits per heavy atom. The van der Waals surface area contributed by atoms with E-state index in [2.05, 4.69) is 33.8 Å². The van der Waals surface area contributed by atoms with Gasteiger partial charge in [-0.05, 0) is 19.5 Å². The van der Waals surface area contributed by atoms with Crippen LogP contribution < -0.4 is 10.6 Å². The second-order valence-electron chi connectivity index (χ2n) is 4.90. The number of anilines is 1. The SMILES string of the molecule is CCN1CCN(c2nccc(/C(N)=N/O)c2Cl)CC1C. The van der Waals surface area contributed by atoms with Gasteiger partial charge in [-0.1, -0.05) is 23.7 Å². The first-order valence-corrected chi connectivity index (χ1v) is 7.07. The molecule has 0 spiro atoms. The molecule has 2 heterocycles. The summed E-state index contributed by atoms with van der Waals surface area (Å²) in [5.74, 6) is 0.692. The van der Waals surface area contributed by atoms with Gasteiger partial charge < -0.3 is 15.8 Å². The third-order valence-corrected chi connectivity index (χ3v) is 4.10. The van der Waals surface area contributed by atoms with Crippen LogP contribution in [0.1, 0.15) is 19.4 Å². The minimum atomic E-state index is -0.00103. The molecule has 2 rings (SSSR count). The van der Waals surface area contributed by atoms with Crippen LogP contribution in [0, 0.1) is 0 Å². The number of nitrogens with zero attached hydrogens (tertiary/aromatic N) is 4. The Morgan fingerprint density at radius 1 is 1.60 bits per heavy atom. The molecule has 0 radical (unpaired) electrons. The van der Waals surface area contributed by atoms with Gasteiger partial charge in [0.15, 0.2) is 5.84 Å². The van der Waals surface area contributed by atoms with E-state index >= 15 is 0 Å². The molecule has 1 aromatic rings. The zero-order chi connectivity index (χ0) is 14.7. The number of aromatic nitrogens is 1. The van der Waals surface area contributed by atoms with Gasteiger partial charge in [-0.15, -0.1) is 0 Å². The van der Waals surface area contributed by atoms with E-state index in [1.807, 2.05) is 0 Å². The quantitative estimate of drug-likeness (QED) is 0.381. The number of halogens is 1. The van der Waals surface area contributed by atoms with Crippen molar-refractivity contribution in [2.45, 2.75) is 19.9 Å². The van der Waals surface area contributed by atoms with Crippen molar-refractivity contribution in [3.8, 4) is 0 Å². The lowest BCUT2D eigenvalue weighted by Gasteiger charge is -2.40. The maximum absolute atomic E-state index is 8.79. The lowest BCUT2D eigenvalue weighted by Crippen LogP contribution is -2.52. The number of pyridine rings is 1. The van der Waals surface area contributed by atoms with Crippen molar-refractivity contribution in [2.75, 3.05) is 31.1 Å². The Hall–Kier alpha value is -1.53. The molecule has 1 saturated heterocycles. The van der Waals surface area contributed by atoms with E-state index in [1.165, 1.54) is 0 Å². The van der Waals surface area contributed by atoms with Crippen molar-refractivity contribution in [3.63, 3.8) is 0 Å². The summed E-state index contributed by atoms with van der Waals surface area (Å²) in [5, 5.41) is 12.2. The van der Waals surface area contributed by atoms with Crippen LogP contribution >= 0.6 is 11.6 Å². The number of likely N-dealkylation sites (N-methyl/N-ethyl adjacent to an activating group) is 1. The molecular formula is C13H20ClN5O. The van der Waals surface area contributed by atoms with Crippen molar-refractivity contribution in [3.05, 3.63) is 22.8 Å². The third-order valence-electron chi connectivity index (χ3n) is 3.73. The molecule has 1 aromatic heterocycles. The minimum absolute atomic E-state index is 0.00103. The number of rotatable bonds is 3. The maximum atomic E-state index is 8.79. The fraction of sp³-hybridized carbons (Fsp3) is 0.538. The zero-order valence-corrected chi connectivity index (χ0v) is 12.5. The monoisotopic (exact) mass is 297 g/mol. The standard InChI is InChI=1S/C13H20ClN5O/c1-3-18-6-7-19(8-9(18)2)13-11(14)10(4-5-16-13)12(15)17-20/h4-5,9,20H,3,6-8H2,1-2H3,(H2,15,17). The largest absolute Gasteiger partial charge is 0.409 e. The molecule has 110 valence electrons. The van der Waals surface area contributed by atoms with Crippen molar-refractivity contribution in [1.82, 2.24) is 9.88 Å². The highest BCUT2D eigenvalue weighted by atomic mass is 35.5. The Morgan fingerprint density at radius 3 is 2.95 bits per heavy atom. The number of hydrogen-bond acceptors (Lipinski definition) is 5. The Labute approximate surface area is 123 Å². The van der Waals surface area contributed by atoms with E-state index in [0.29, 0.717) is 22.4 Å². The number of hydrogen-bond donors (Lipinski definition) is 2. The highest BCUT2D eigenvalue weighted by molar-refractivity contribution is 6.36. The summed E-state index contributed by atoms with van der Waals surface area (Å²) in [6, 6.07) is 2.09. The van der Waals surface area contributed by atoms with E-state index in [4.69, 9.17) is 22.5 Å². The van der Waals surface area contributed by atoms with Crippen LogP contribution in [0.3, 0.4) is 0 Å². The number of piperazine rings is 1. The van der Waals surface area contributed by atoms with Crippen molar-refractivity contribution >= 4 is 23.3 Å². The maximum Gasteiger partial charge on any atom is 0.171 e. The lowest BCUT2D eigenvalue weighted by molar-refractivity contribution is 0.199. The summed E-state index contributed by atoms with van der Waals surface area (Å²) >= 11 is 6.34. The molecule has 0 aliphatic carbocycles. The molecule has 1 atom stereocenters. The van der Waals surface area contributed by atoms with Gasteiger partial charge in [0.25, 0.3) is 0 Å². The molecule has 6 nitrogen and oxygen atoms in total. The topological polar surface area (TPSA) is 78.0 Å². The Kier molecular flexibility index (Phi) is 4.67. The van der Waals surface area contributed by atoms with Crippen molar-refractivity contribution < 1.29 is 5.21 Å². The van der Waals surface area contributed by atoms with Crippen molar-refractivity contribution in [2.24, 2.45) is 10.9 Å². The molecule has 7 heteroatoms. The summed E-state index contributed by atoms with van der Waals surface area (Å²) in [6.07, 6.45) is 1.63. The predicted octanol–water partition coefficient (Wildman–Crippen LogP) is 1.36. The fourth-order valence-electron chi connectivity index (χ4n) is 2.56. The highest BCUT2D eigenvalue weighted by Gasteiger charge is 2.25. The minimum Gasteiger partial charge on any atom is -0.409 e. The van der Waals surface area contributed by atoms with Crippen LogP contribution in [0.15, 0.2) is 17.4 Å².